The third kappa shape index (κ3) is 2.67. The first-order valence-corrected chi connectivity index (χ1v) is 6.15. The van der Waals surface area contributed by atoms with Gasteiger partial charge in [0.2, 0.25) is 0 Å². The molecule has 1 atom stereocenters. The Morgan fingerprint density at radius 2 is 2.17 bits per heavy atom. The van der Waals surface area contributed by atoms with Crippen LogP contribution < -0.4 is 0 Å². The molecule has 0 spiro atoms. The number of ketones is 1. The van der Waals surface area contributed by atoms with Crippen LogP contribution in [0.5, 0.6) is 0 Å². The number of aromatic nitrogens is 2. The molecule has 1 heterocycles. The molecule has 94 valence electrons. The Balaban J connectivity index is 2.15. The zero-order chi connectivity index (χ0) is 13.1. The van der Waals surface area contributed by atoms with E-state index in [2.05, 4.69) is 11.1 Å². The molecule has 3 heteroatoms. The second-order valence-electron chi connectivity index (χ2n) is 4.84. The highest BCUT2D eigenvalue weighted by molar-refractivity contribution is 5.98. The molecule has 2 rings (SSSR count). The van der Waals surface area contributed by atoms with Crippen LogP contribution in [0.25, 0.3) is 0 Å². The van der Waals surface area contributed by atoms with Gasteiger partial charge in [0, 0.05) is 30.4 Å². The van der Waals surface area contributed by atoms with Gasteiger partial charge in [0.05, 0.1) is 6.33 Å². The SMILES string of the molecule is Cc1ccc(C(=O)C(C)Cn2ccnc2)c(C)c1. The fourth-order valence-corrected chi connectivity index (χ4v) is 2.15. The van der Waals surface area contributed by atoms with Gasteiger partial charge in [0.1, 0.15) is 0 Å². The first-order valence-electron chi connectivity index (χ1n) is 6.15. The molecule has 0 saturated heterocycles. The zero-order valence-electron chi connectivity index (χ0n) is 11.1. The minimum Gasteiger partial charge on any atom is -0.337 e. The van der Waals surface area contributed by atoms with E-state index in [9.17, 15) is 4.79 Å². The summed E-state index contributed by atoms with van der Waals surface area (Å²) >= 11 is 0. The molecule has 0 saturated carbocycles. The van der Waals surface area contributed by atoms with E-state index in [1.165, 1.54) is 5.56 Å². The number of hydrogen-bond acceptors (Lipinski definition) is 2. The summed E-state index contributed by atoms with van der Waals surface area (Å²) in [5, 5.41) is 0. The molecule has 0 aliphatic heterocycles. The van der Waals surface area contributed by atoms with E-state index < -0.39 is 0 Å². The average Bonchev–Trinajstić information content (AvgIpc) is 2.81. The fourth-order valence-electron chi connectivity index (χ4n) is 2.15. The third-order valence-electron chi connectivity index (χ3n) is 3.14. The number of carbonyl (C=O) groups excluding carboxylic acids is 1. The lowest BCUT2D eigenvalue weighted by molar-refractivity contribution is 0.0917. The van der Waals surface area contributed by atoms with Crippen molar-refractivity contribution in [2.45, 2.75) is 27.3 Å². The Bertz CT molecular complexity index is 544. The number of aryl methyl sites for hydroxylation is 2. The van der Waals surface area contributed by atoms with Crippen molar-refractivity contribution < 1.29 is 4.79 Å². The highest BCUT2D eigenvalue weighted by Crippen LogP contribution is 2.16. The standard InChI is InChI=1S/C15H18N2O/c1-11-4-5-14(12(2)8-11)15(18)13(3)9-17-7-6-16-10-17/h4-8,10,13H,9H2,1-3H3. The molecule has 0 bridgehead atoms. The maximum atomic E-state index is 12.4. The molecule has 0 amide bonds. The van der Waals surface area contributed by atoms with Crippen molar-refractivity contribution in [1.82, 2.24) is 9.55 Å². The summed E-state index contributed by atoms with van der Waals surface area (Å²) in [4.78, 5) is 16.4. The number of nitrogens with zero attached hydrogens (tertiary/aromatic N) is 2. The van der Waals surface area contributed by atoms with Crippen molar-refractivity contribution in [3.8, 4) is 0 Å². The summed E-state index contributed by atoms with van der Waals surface area (Å²) in [7, 11) is 0. The molecule has 0 fully saturated rings. The van der Waals surface area contributed by atoms with E-state index in [1.54, 1.807) is 12.5 Å². The van der Waals surface area contributed by atoms with Crippen LogP contribution in [-0.2, 0) is 6.54 Å². The molecule has 2 aromatic rings. The Labute approximate surface area is 107 Å². The average molecular weight is 242 g/mol. The Hall–Kier alpha value is -1.90. The number of carbonyl (C=O) groups is 1. The molecule has 1 unspecified atom stereocenters. The monoisotopic (exact) mass is 242 g/mol. The number of benzene rings is 1. The Kier molecular flexibility index (Phi) is 3.60. The van der Waals surface area contributed by atoms with Crippen molar-refractivity contribution in [3.05, 3.63) is 53.6 Å². The number of imidazole rings is 1. The minimum atomic E-state index is -0.0411. The molecular weight excluding hydrogens is 224 g/mol. The van der Waals surface area contributed by atoms with Crippen LogP contribution in [0.3, 0.4) is 0 Å². The normalized spacial score (nSPS) is 12.4. The minimum absolute atomic E-state index is 0.0411. The zero-order valence-corrected chi connectivity index (χ0v) is 11.1. The predicted octanol–water partition coefficient (Wildman–Crippen LogP) is 3.02. The Morgan fingerprint density at radius 1 is 1.39 bits per heavy atom. The highest BCUT2D eigenvalue weighted by atomic mass is 16.1. The Morgan fingerprint density at radius 3 is 2.78 bits per heavy atom. The first-order chi connectivity index (χ1) is 8.58. The summed E-state index contributed by atoms with van der Waals surface area (Å²) in [6, 6.07) is 5.97. The lowest BCUT2D eigenvalue weighted by Gasteiger charge is -2.13. The molecular formula is C15H18N2O. The van der Waals surface area contributed by atoms with Crippen LogP contribution in [0.1, 0.15) is 28.4 Å². The van der Waals surface area contributed by atoms with Gasteiger partial charge in [-0.3, -0.25) is 4.79 Å². The molecule has 18 heavy (non-hydrogen) atoms. The maximum Gasteiger partial charge on any atom is 0.167 e. The fraction of sp³-hybridized carbons (Fsp3) is 0.333. The van der Waals surface area contributed by atoms with E-state index in [0.717, 1.165) is 11.1 Å². The van der Waals surface area contributed by atoms with E-state index in [4.69, 9.17) is 0 Å². The van der Waals surface area contributed by atoms with Crippen molar-refractivity contribution in [2.75, 3.05) is 0 Å². The van der Waals surface area contributed by atoms with Crippen LogP contribution in [0, 0.1) is 19.8 Å². The van der Waals surface area contributed by atoms with Crippen LogP contribution >= 0.6 is 0 Å². The van der Waals surface area contributed by atoms with E-state index in [1.807, 2.05) is 43.7 Å². The topological polar surface area (TPSA) is 34.9 Å². The lowest BCUT2D eigenvalue weighted by atomic mass is 9.94. The second kappa shape index (κ2) is 5.17. The van der Waals surface area contributed by atoms with Gasteiger partial charge < -0.3 is 4.57 Å². The molecule has 0 N–H and O–H groups in total. The van der Waals surface area contributed by atoms with E-state index in [-0.39, 0.29) is 11.7 Å². The van der Waals surface area contributed by atoms with Gasteiger partial charge in [-0.1, -0.05) is 30.7 Å². The van der Waals surface area contributed by atoms with Crippen molar-refractivity contribution in [2.24, 2.45) is 5.92 Å². The molecule has 1 aromatic carbocycles. The quantitative estimate of drug-likeness (QED) is 0.772. The molecule has 0 aliphatic rings. The summed E-state index contributed by atoms with van der Waals surface area (Å²) in [5.41, 5.74) is 3.07. The van der Waals surface area contributed by atoms with Gasteiger partial charge in [0.15, 0.2) is 5.78 Å². The van der Waals surface area contributed by atoms with Crippen LogP contribution in [0.15, 0.2) is 36.9 Å². The van der Waals surface area contributed by atoms with E-state index >= 15 is 0 Å². The van der Waals surface area contributed by atoms with Gasteiger partial charge in [-0.15, -0.1) is 0 Å². The summed E-state index contributed by atoms with van der Waals surface area (Å²) in [6.07, 6.45) is 5.35. The van der Waals surface area contributed by atoms with Gasteiger partial charge in [-0.05, 0) is 19.4 Å². The first kappa shape index (κ1) is 12.6. The van der Waals surface area contributed by atoms with E-state index in [0.29, 0.717) is 6.54 Å². The molecule has 0 radical (unpaired) electrons. The van der Waals surface area contributed by atoms with Crippen LogP contribution in [0.2, 0.25) is 0 Å². The van der Waals surface area contributed by atoms with Crippen molar-refractivity contribution in [3.63, 3.8) is 0 Å². The summed E-state index contributed by atoms with van der Waals surface area (Å²) in [5.74, 6) is 0.154. The predicted molar refractivity (Wildman–Crippen MR) is 71.6 cm³/mol. The maximum absolute atomic E-state index is 12.4. The summed E-state index contributed by atoms with van der Waals surface area (Å²) in [6.45, 7) is 6.66. The largest absolute Gasteiger partial charge is 0.337 e. The molecule has 3 nitrogen and oxygen atoms in total. The third-order valence-corrected chi connectivity index (χ3v) is 3.14. The van der Waals surface area contributed by atoms with Gasteiger partial charge in [-0.2, -0.15) is 0 Å². The number of hydrogen-bond donors (Lipinski definition) is 0. The van der Waals surface area contributed by atoms with Gasteiger partial charge in [-0.25, -0.2) is 4.98 Å². The second-order valence-corrected chi connectivity index (χ2v) is 4.84. The summed E-state index contributed by atoms with van der Waals surface area (Å²) < 4.78 is 1.94. The van der Waals surface area contributed by atoms with Gasteiger partial charge >= 0.3 is 0 Å². The van der Waals surface area contributed by atoms with Gasteiger partial charge in [0.25, 0.3) is 0 Å². The lowest BCUT2D eigenvalue weighted by Crippen LogP contribution is -2.18. The molecule has 0 aliphatic carbocycles. The number of Topliss-reactive ketones (excluding diaryl/α,β-unsaturated/α-hetero) is 1. The van der Waals surface area contributed by atoms with Crippen molar-refractivity contribution in [1.29, 1.82) is 0 Å². The van der Waals surface area contributed by atoms with Crippen LogP contribution in [-0.4, -0.2) is 15.3 Å². The highest BCUT2D eigenvalue weighted by Gasteiger charge is 2.17. The number of rotatable bonds is 4. The molecule has 1 aromatic heterocycles. The smallest absolute Gasteiger partial charge is 0.167 e. The van der Waals surface area contributed by atoms with Crippen LogP contribution in [0.4, 0.5) is 0 Å². The van der Waals surface area contributed by atoms with Crippen molar-refractivity contribution >= 4 is 5.78 Å².